The van der Waals surface area contributed by atoms with Gasteiger partial charge in [-0.05, 0) is 25.1 Å². The molecule has 1 aromatic carbocycles. The van der Waals surface area contributed by atoms with Crippen molar-refractivity contribution in [3.05, 3.63) is 40.4 Å². The van der Waals surface area contributed by atoms with Crippen LogP contribution < -0.4 is 10.9 Å². The van der Waals surface area contributed by atoms with Gasteiger partial charge in [-0.1, -0.05) is 6.07 Å². The maximum absolute atomic E-state index is 12.9. The van der Waals surface area contributed by atoms with Gasteiger partial charge in [0.2, 0.25) is 0 Å². The molecule has 0 amide bonds. The fraction of sp³-hybridized carbons (Fsp3) is 0.385. The summed E-state index contributed by atoms with van der Waals surface area (Å²) in [5.41, 5.74) is -1.58. The molecular weight excluding hydrogens is 271 g/mol. The zero-order valence-electron chi connectivity index (χ0n) is 10.4. The van der Waals surface area contributed by atoms with Gasteiger partial charge in [-0.25, -0.2) is 4.98 Å². The molecule has 0 unspecified atom stereocenters. The summed E-state index contributed by atoms with van der Waals surface area (Å²) in [6.45, 7) is 1.42. The quantitative estimate of drug-likeness (QED) is 0.870. The van der Waals surface area contributed by atoms with Crippen molar-refractivity contribution in [3.8, 4) is 0 Å². The van der Waals surface area contributed by atoms with E-state index >= 15 is 0 Å². The van der Waals surface area contributed by atoms with E-state index in [-0.39, 0.29) is 16.9 Å². The predicted molar refractivity (Wildman–Crippen MR) is 67.5 cm³/mol. The Kier molecular flexibility index (Phi) is 3.01. The topological polar surface area (TPSA) is 46.9 Å². The highest BCUT2D eigenvalue weighted by Gasteiger charge is 2.33. The second-order valence-corrected chi connectivity index (χ2v) is 4.80. The molecule has 1 aromatic heterocycles. The molecular formula is C13H12F3N3O. The van der Waals surface area contributed by atoms with Crippen molar-refractivity contribution < 1.29 is 13.2 Å². The fourth-order valence-electron chi connectivity index (χ4n) is 2.53. The van der Waals surface area contributed by atoms with Gasteiger partial charge in [0.05, 0.1) is 28.8 Å². The summed E-state index contributed by atoms with van der Waals surface area (Å²) in [7, 11) is 0. The molecule has 7 heteroatoms. The lowest BCUT2D eigenvalue weighted by Gasteiger charge is -2.14. The normalized spacial score (nSPS) is 19.6. The Morgan fingerprint density at radius 2 is 2.15 bits per heavy atom. The molecule has 1 atom stereocenters. The number of halogens is 3. The van der Waals surface area contributed by atoms with Crippen molar-refractivity contribution in [3.63, 3.8) is 0 Å². The van der Waals surface area contributed by atoms with E-state index in [1.54, 1.807) is 0 Å². The first kappa shape index (κ1) is 13.1. The van der Waals surface area contributed by atoms with Gasteiger partial charge in [-0.15, -0.1) is 0 Å². The van der Waals surface area contributed by atoms with E-state index in [1.807, 2.05) is 0 Å². The summed E-state index contributed by atoms with van der Waals surface area (Å²) >= 11 is 0. The predicted octanol–water partition coefficient (Wildman–Crippen LogP) is 1.95. The van der Waals surface area contributed by atoms with E-state index in [0.717, 1.165) is 19.0 Å². The maximum atomic E-state index is 12.9. The first-order chi connectivity index (χ1) is 9.48. The van der Waals surface area contributed by atoms with E-state index in [1.165, 1.54) is 23.0 Å². The van der Waals surface area contributed by atoms with Crippen LogP contribution in [-0.2, 0) is 6.18 Å². The molecule has 1 fully saturated rings. The molecule has 20 heavy (non-hydrogen) atoms. The highest BCUT2D eigenvalue weighted by molar-refractivity contribution is 5.81. The number of hydrogen-bond donors (Lipinski definition) is 1. The third-order valence-electron chi connectivity index (χ3n) is 3.55. The van der Waals surface area contributed by atoms with E-state index in [0.29, 0.717) is 6.54 Å². The van der Waals surface area contributed by atoms with Gasteiger partial charge in [0.1, 0.15) is 0 Å². The van der Waals surface area contributed by atoms with Crippen LogP contribution in [0.25, 0.3) is 10.9 Å². The smallest absolute Gasteiger partial charge is 0.315 e. The molecule has 1 N–H and O–H groups in total. The van der Waals surface area contributed by atoms with Gasteiger partial charge >= 0.3 is 6.18 Å². The molecule has 4 nitrogen and oxygen atoms in total. The summed E-state index contributed by atoms with van der Waals surface area (Å²) < 4.78 is 40.1. The zero-order chi connectivity index (χ0) is 14.3. The zero-order valence-corrected chi connectivity index (χ0v) is 10.4. The highest BCUT2D eigenvalue weighted by Crippen LogP contribution is 2.32. The number of nitrogens with one attached hydrogen (secondary N) is 1. The molecule has 1 saturated heterocycles. The monoisotopic (exact) mass is 283 g/mol. The molecule has 1 aliphatic rings. The van der Waals surface area contributed by atoms with Gasteiger partial charge in [0, 0.05) is 6.54 Å². The Balaban J connectivity index is 2.22. The van der Waals surface area contributed by atoms with Gasteiger partial charge < -0.3 is 5.32 Å². The largest absolute Gasteiger partial charge is 0.418 e. The summed E-state index contributed by atoms with van der Waals surface area (Å²) in [4.78, 5) is 16.2. The van der Waals surface area contributed by atoms with Gasteiger partial charge in [0.25, 0.3) is 5.56 Å². The molecule has 2 aromatic rings. The number of nitrogens with zero attached hydrogens (tertiary/aromatic N) is 2. The summed E-state index contributed by atoms with van der Waals surface area (Å²) in [5, 5.41) is 3.12. The molecule has 2 heterocycles. The molecule has 0 spiro atoms. The Morgan fingerprint density at radius 1 is 1.35 bits per heavy atom. The third-order valence-corrected chi connectivity index (χ3v) is 3.55. The number of fused-ring (bicyclic) bond motifs is 1. The second-order valence-electron chi connectivity index (χ2n) is 4.80. The Morgan fingerprint density at radius 3 is 2.80 bits per heavy atom. The van der Waals surface area contributed by atoms with Crippen LogP contribution in [0.5, 0.6) is 0 Å². The van der Waals surface area contributed by atoms with Crippen LogP contribution in [0.1, 0.15) is 18.0 Å². The first-order valence-corrected chi connectivity index (χ1v) is 6.26. The van der Waals surface area contributed by atoms with Crippen LogP contribution in [0.3, 0.4) is 0 Å². The summed E-state index contributed by atoms with van der Waals surface area (Å²) in [6, 6.07) is 3.52. The fourth-order valence-corrected chi connectivity index (χ4v) is 2.53. The molecule has 0 radical (unpaired) electrons. The van der Waals surface area contributed by atoms with Crippen LogP contribution in [0.2, 0.25) is 0 Å². The van der Waals surface area contributed by atoms with Gasteiger partial charge in [-0.3, -0.25) is 9.36 Å². The molecule has 0 saturated carbocycles. The van der Waals surface area contributed by atoms with E-state index < -0.39 is 17.3 Å². The van der Waals surface area contributed by atoms with Crippen LogP contribution in [0, 0.1) is 0 Å². The van der Waals surface area contributed by atoms with Crippen molar-refractivity contribution >= 4 is 10.9 Å². The standard InChI is InChI=1S/C13H12F3N3O/c14-13(15,16)10-3-1-2-9-11(10)18-7-19(12(9)20)8-4-5-17-6-8/h1-3,7-8,17H,4-6H2/t8-/m0/s1. The average molecular weight is 283 g/mol. The average Bonchev–Trinajstić information content (AvgIpc) is 2.91. The van der Waals surface area contributed by atoms with Crippen molar-refractivity contribution in [1.29, 1.82) is 0 Å². The van der Waals surface area contributed by atoms with Crippen molar-refractivity contribution in [1.82, 2.24) is 14.9 Å². The Bertz CT molecular complexity index is 702. The number of aromatic nitrogens is 2. The summed E-state index contributed by atoms with van der Waals surface area (Å²) in [6.07, 6.45) is -2.52. The van der Waals surface area contributed by atoms with Crippen molar-refractivity contribution in [2.45, 2.75) is 18.6 Å². The SMILES string of the molecule is O=c1c2cccc(C(F)(F)F)c2ncn1[C@H]1CCNC1. The minimum absolute atomic E-state index is 0.00854. The van der Waals surface area contributed by atoms with Crippen LogP contribution >= 0.6 is 0 Å². The minimum Gasteiger partial charge on any atom is -0.315 e. The van der Waals surface area contributed by atoms with Crippen molar-refractivity contribution in [2.75, 3.05) is 13.1 Å². The van der Waals surface area contributed by atoms with E-state index in [9.17, 15) is 18.0 Å². The molecule has 106 valence electrons. The number of para-hydroxylation sites is 1. The van der Waals surface area contributed by atoms with Gasteiger partial charge in [-0.2, -0.15) is 13.2 Å². The maximum Gasteiger partial charge on any atom is 0.418 e. The van der Waals surface area contributed by atoms with Crippen molar-refractivity contribution in [2.24, 2.45) is 0 Å². The number of benzene rings is 1. The first-order valence-electron chi connectivity index (χ1n) is 6.26. The third kappa shape index (κ3) is 2.07. The lowest BCUT2D eigenvalue weighted by Crippen LogP contribution is -2.27. The minimum atomic E-state index is -4.51. The molecule has 0 bridgehead atoms. The Hall–Kier alpha value is -1.89. The number of hydrogen-bond acceptors (Lipinski definition) is 3. The number of alkyl halides is 3. The van der Waals surface area contributed by atoms with Crippen LogP contribution in [-0.4, -0.2) is 22.6 Å². The van der Waals surface area contributed by atoms with Crippen LogP contribution in [0.4, 0.5) is 13.2 Å². The lowest BCUT2D eigenvalue weighted by molar-refractivity contribution is -0.136. The summed E-state index contributed by atoms with van der Waals surface area (Å²) in [5.74, 6) is 0. The lowest BCUT2D eigenvalue weighted by atomic mass is 10.1. The molecule has 0 aliphatic carbocycles. The molecule has 3 rings (SSSR count). The van der Waals surface area contributed by atoms with E-state index in [4.69, 9.17) is 0 Å². The second kappa shape index (κ2) is 4.59. The highest BCUT2D eigenvalue weighted by atomic mass is 19.4. The van der Waals surface area contributed by atoms with Gasteiger partial charge in [0.15, 0.2) is 0 Å². The van der Waals surface area contributed by atoms with Crippen LogP contribution in [0.15, 0.2) is 29.3 Å². The molecule has 1 aliphatic heterocycles. The Labute approximate surface area is 112 Å². The number of rotatable bonds is 1. The van der Waals surface area contributed by atoms with E-state index in [2.05, 4.69) is 10.3 Å².